The number of hydrogen-bond donors (Lipinski definition) is 1. The van der Waals surface area contributed by atoms with Crippen molar-refractivity contribution in [2.75, 3.05) is 59.3 Å². The Labute approximate surface area is 172 Å². The summed E-state index contributed by atoms with van der Waals surface area (Å²) in [5, 5.41) is 3.20. The standard InChI is InChI=1S/C21H33NO4.C2H6/c1-4-22-11-12-23-13-14-24-15-16-25-17-18-26-21-9-7-20(8-10-21)6-5-19(2)3;1-2/h7-10,19,22H,4,11-18H2,1-3H3;1-2H3. The highest BCUT2D eigenvalue weighted by atomic mass is 16.6. The Morgan fingerprint density at radius 1 is 0.821 bits per heavy atom. The molecule has 0 heterocycles. The molecule has 0 aliphatic rings. The third-order valence-corrected chi connectivity index (χ3v) is 3.27. The predicted molar refractivity (Wildman–Crippen MR) is 116 cm³/mol. The highest BCUT2D eigenvalue weighted by Crippen LogP contribution is 2.11. The highest BCUT2D eigenvalue weighted by Gasteiger charge is 1.96. The van der Waals surface area contributed by atoms with Gasteiger partial charge < -0.3 is 24.3 Å². The molecule has 160 valence electrons. The molecule has 0 aliphatic heterocycles. The molecule has 5 nitrogen and oxygen atoms in total. The number of nitrogens with one attached hydrogen (secondary N) is 1. The highest BCUT2D eigenvalue weighted by molar-refractivity contribution is 5.38. The maximum atomic E-state index is 5.64. The zero-order valence-electron chi connectivity index (χ0n) is 18.4. The van der Waals surface area contributed by atoms with E-state index in [0.717, 1.165) is 31.0 Å². The van der Waals surface area contributed by atoms with E-state index in [0.29, 0.717) is 45.6 Å². The maximum absolute atomic E-state index is 5.64. The lowest BCUT2D eigenvalue weighted by molar-refractivity contribution is 0.00989. The van der Waals surface area contributed by atoms with Gasteiger partial charge in [-0.1, -0.05) is 46.5 Å². The van der Waals surface area contributed by atoms with Gasteiger partial charge in [0.25, 0.3) is 0 Å². The van der Waals surface area contributed by atoms with Crippen molar-refractivity contribution < 1.29 is 18.9 Å². The van der Waals surface area contributed by atoms with Crippen LogP contribution in [-0.4, -0.2) is 59.3 Å². The molecule has 5 heteroatoms. The fraction of sp³-hybridized carbons (Fsp3) is 0.652. The number of rotatable bonds is 14. The lowest BCUT2D eigenvalue weighted by Gasteiger charge is -2.08. The van der Waals surface area contributed by atoms with Crippen LogP contribution in [0.4, 0.5) is 0 Å². The average Bonchev–Trinajstić information content (AvgIpc) is 2.72. The van der Waals surface area contributed by atoms with Gasteiger partial charge in [0.1, 0.15) is 12.4 Å². The Morgan fingerprint density at radius 3 is 1.89 bits per heavy atom. The second-order valence-electron chi connectivity index (χ2n) is 5.99. The van der Waals surface area contributed by atoms with Gasteiger partial charge in [-0.2, -0.15) is 0 Å². The number of hydrogen-bond acceptors (Lipinski definition) is 5. The van der Waals surface area contributed by atoms with E-state index in [1.54, 1.807) is 0 Å². The van der Waals surface area contributed by atoms with Crippen molar-refractivity contribution in [1.82, 2.24) is 5.32 Å². The van der Waals surface area contributed by atoms with Crippen molar-refractivity contribution in [3.63, 3.8) is 0 Å². The molecule has 0 aliphatic carbocycles. The lowest BCUT2D eigenvalue weighted by Crippen LogP contribution is -2.20. The van der Waals surface area contributed by atoms with Crippen LogP contribution in [0.5, 0.6) is 5.75 Å². The van der Waals surface area contributed by atoms with Gasteiger partial charge in [-0.3, -0.25) is 0 Å². The third kappa shape index (κ3) is 16.6. The van der Waals surface area contributed by atoms with Crippen LogP contribution in [0.3, 0.4) is 0 Å². The first-order valence-corrected chi connectivity index (χ1v) is 10.4. The van der Waals surface area contributed by atoms with Gasteiger partial charge in [0.15, 0.2) is 0 Å². The molecule has 0 fully saturated rings. The van der Waals surface area contributed by atoms with E-state index in [1.165, 1.54) is 0 Å². The first kappa shape index (κ1) is 26.4. The van der Waals surface area contributed by atoms with Crippen molar-refractivity contribution in [3.8, 4) is 17.6 Å². The zero-order chi connectivity index (χ0) is 20.9. The van der Waals surface area contributed by atoms with Gasteiger partial charge in [0.05, 0.1) is 39.6 Å². The summed E-state index contributed by atoms with van der Waals surface area (Å²) in [6.45, 7) is 16.2. The summed E-state index contributed by atoms with van der Waals surface area (Å²) >= 11 is 0. The summed E-state index contributed by atoms with van der Waals surface area (Å²) in [5.74, 6) is 7.48. The van der Waals surface area contributed by atoms with Crippen molar-refractivity contribution in [1.29, 1.82) is 0 Å². The van der Waals surface area contributed by atoms with Crippen LogP contribution < -0.4 is 10.1 Å². The third-order valence-electron chi connectivity index (χ3n) is 3.27. The summed E-state index contributed by atoms with van der Waals surface area (Å²) in [5.41, 5.74) is 1.00. The average molecular weight is 394 g/mol. The molecule has 0 aromatic heterocycles. The van der Waals surface area contributed by atoms with Crippen LogP contribution in [0.2, 0.25) is 0 Å². The molecule has 0 radical (unpaired) electrons. The molecule has 0 saturated carbocycles. The van der Waals surface area contributed by atoms with E-state index in [2.05, 4.69) is 37.9 Å². The Bertz CT molecular complexity index is 506. The minimum Gasteiger partial charge on any atom is -0.491 e. The maximum Gasteiger partial charge on any atom is 0.119 e. The molecule has 0 spiro atoms. The Hall–Kier alpha value is -1.58. The molecule has 1 aromatic carbocycles. The quantitative estimate of drug-likeness (QED) is 0.385. The largest absolute Gasteiger partial charge is 0.491 e. The first-order valence-electron chi connectivity index (χ1n) is 10.4. The Balaban J connectivity index is 0.00000352. The molecular weight excluding hydrogens is 354 g/mol. The normalized spacial score (nSPS) is 10.1. The molecule has 0 saturated heterocycles. The van der Waals surface area contributed by atoms with Crippen LogP contribution in [0.15, 0.2) is 24.3 Å². The number of ether oxygens (including phenoxy) is 4. The van der Waals surface area contributed by atoms with Crippen LogP contribution in [0.25, 0.3) is 0 Å². The van der Waals surface area contributed by atoms with E-state index in [4.69, 9.17) is 18.9 Å². The van der Waals surface area contributed by atoms with Crippen molar-refractivity contribution in [2.45, 2.75) is 34.6 Å². The SMILES string of the molecule is CC.CCNCCOCCOCCOCCOc1ccc(C#CC(C)C)cc1. The van der Waals surface area contributed by atoms with Crippen LogP contribution >= 0.6 is 0 Å². The molecular formula is C23H39NO4. The molecule has 0 unspecified atom stereocenters. The van der Waals surface area contributed by atoms with Crippen LogP contribution in [-0.2, 0) is 14.2 Å². The van der Waals surface area contributed by atoms with Gasteiger partial charge in [-0.25, -0.2) is 0 Å². The van der Waals surface area contributed by atoms with Gasteiger partial charge in [-0.15, -0.1) is 0 Å². The topological polar surface area (TPSA) is 49.0 Å². The van der Waals surface area contributed by atoms with Gasteiger partial charge in [-0.05, 0) is 30.8 Å². The van der Waals surface area contributed by atoms with Gasteiger partial charge in [0, 0.05) is 18.0 Å². The van der Waals surface area contributed by atoms with E-state index >= 15 is 0 Å². The van der Waals surface area contributed by atoms with Crippen molar-refractivity contribution in [3.05, 3.63) is 29.8 Å². The summed E-state index contributed by atoms with van der Waals surface area (Å²) in [4.78, 5) is 0. The Kier molecular flexibility index (Phi) is 19.0. The molecule has 1 rings (SSSR count). The summed E-state index contributed by atoms with van der Waals surface area (Å²) in [7, 11) is 0. The number of benzene rings is 1. The van der Waals surface area contributed by atoms with E-state index in [-0.39, 0.29) is 0 Å². The molecule has 0 bridgehead atoms. The first-order chi connectivity index (χ1) is 13.7. The summed E-state index contributed by atoms with van der Waals surface area (Å²) in [6.07, 6.45) is 0. The number of likely N-dealkylation sites (N-methyl/N-ethyl adjacent to an activating group) is 1. The zero-order valence-corrected chi connectivity index (χ0v) is 18.4. The smallest absolute Gasteiger partial charge is 0.119 e. The predicted octanol–water partition coefficient (Wildman–Crippen LogP) is 3.76. The van der Waals surface area contributed by atoms with Crippen molar-refractivity contribution >= 4 is 0 Å². The molecule has 0 atom stereocenters. The van der Waals surface area contributed by atoms with E-state index < -0.39 is 0 Å². The van der Waals surface area contributed by atoms with E-state index in [1.807, 2.05) is 38.1 Å². The minimum atomic E-state index is 0.377. The summed E-state index contributed by atoms with van der Waals surface area (Å²) < 4.78 is 22.0. The second-order valence-corrected chi connectivity index (χ2v) is 5.99. The van der Waals surface area contributed by atoms with Crippen LogP contribution in [0.1, 0.15) is 40.2 Å². The van der Waals surface area contributed by atoms with Gasteiger partial charge >= 0.3 is 0 Å². The molecule has 1 aromatic rings. The Morgan fingerprint density at radius 2 is 1.36 bits per heavy atom. The van der Waals surface area contributed by atoms with E-state index in [9.17, 15) is 0 Å². The molecule has 1 N–H and O–H groups in total. The van der Waals surface area contributed by atoms with Crippen LogP contribution in [0, 0.1) is 17.8 Å². The molecule has 0 amide bonds. The summed E-state index contributed by atoms with van der Waals surface area (Å²) in [6, 6.07) is 7.81. The fourth-order valence-electron chi connectivity index (χ4n) is 1.94. The molecule has 28 heavy (non-hydrogen) atoms. The minimum absolute atomic E-state index is 0.377. The van der Waals surface area contributed by atoms with Crippen molar-refractivity contribution in [2.24, 2.45) is 5.92 Å². The second kappa shape index (κ2) is 20.2. The fourth-order valence-corrected chi connectivity index (χ4v) is 1.94. The van der Waals surface area contributed by atoms with Gasteiger partial charge in [0.2, 0.25) is 0 Å². The monoisotopic (exact) mass is 393 g/mol. The lowest BCUT2D eigenvalue weighted by atomic mass is 10.2.